The van der Waals surface area contributed by atoms with Gasteiger partial charge in [-0.05, 0) is 24.6 Å². The van der Waals surface area contributed by atoms with E-state index in [4.69, 9.17) is 11.6 Å². The minimum atomic E-state index is 0.135. The van der Waals surface area contributed by atoms with E-state index in [1.54, 1.807) is 6.92 Å². The van der Waals surface area contributed by atoms with E-state index in [1.807, 2.05) is 18.2 Å². The van der Waals surface area contributed by atoms with Crippen molar-refractivity contribution in [2.45, 2.75) is 13.3 Å². The van der Waals surface area contributed by atoms with Crippen LogP contribution in [0.5, 0.6) is 0 Å². The van der Waals surface area contributed by atoms with Gasteiger partial charge in [0.2, 0.25) is 0 Å². The maximum atomic E-state index is 10.9. The molecule has 2 aromatic rings. The van der Waals surface area contributed by atoms with Gasteiger partial charge < -0.3 is 0 Å². The van der Waals surface area contributed by atoms with Gasteiger partial charge >= 0.3 is 0 Å². The average molecular weight is 221 g/mol. The highest BCUT2D eigenvalue weighted by Crippen LogP contribution is 2.14. The largest absolute Gasteiger partial charge is 0.300 e. The number of rotatable bonds is 2. The summed E-state index contributed by atoms with van der Waals surface area (Å²) in [5.41, 5.74) is 2.46. The van der Waals surface area contributed by atoms with Crippen LogP contribution >= 0.6 is 11.6 Å². The average Bonchev–Trinajstić information content (AvgIpc) is 2.17. The number of ketones is 1. The van der Waals surface area contributed by atoms with E-state index in [0.717, 1.165) is 16.6 Å². The van der Waals surface area contributed by atoms with Gasteiger partial charge in [-0.25, -0.2) is 4.98 Å². The van der Waals surface area contributed by atoms with Crippen LogP contribution in [0.2, 0.25) is 5.15 Å². The van der Waals surface area contributed by atoms with Gasteiger partial charge in [0.15, 0.2) is 0 Å². The predicted molar refractivity (Wildman–Crippen MR) is 58.9 cm³/mol. The van der Waals surface area contributed by atoms with Crippen LogP contribution in [-0.2, 0) is 11.2 Å². The number of carbonyl (C=O) groups excluding carboxylic acids is 1. The van der Waals surface area contributed by atoms with Crippen molar-refractivity contribution in [3.63, 3.8) is 0 Å². The monoisotopic (exact) mass is 220 g/mol. The number of halogens is 1. The van der Waals surface area contributed by atoms with Gasteiger partial charge in [-0.3, -0.25) is 9.78 Å². The van der Waals surface area contributed by atoms with Gasteiger partial charge in [-0.1, -0.05) is 17.7 Å². The molecule has 1 aromatic carbocycles. The molecular formula is C11H9ClN2O. The Morgan fingerprint density at radius 3 is 2.93 bits per heavy atom. The molecule has 1 heterocycles. The van der Waals surface area contributed by atoms with E-state index in [9.17, 15) is 4.79 Å². The van der Waals surface area contributed by atoms with E-state index in [2.05, 4.69) is 9.97 Å². The Balaban J connectivity index is 2.47. The summed E-state index contributed by atoms with van der Waals surface area (Å²) in [5, 5.41) is 0.377. The molecule has 0 fully saturated rings. The number of hydrogen-bond acceptors (Lipinski definition) is 3. The van der Waals surface area contributed by atoms with Crippen LogP contribution in [-0.4, -0.2) is 15.8 Å². The zero-order valence-corrected chi connectivity index (χ0v) is 8.95. The minimum Gasteiger partial charge on any atom is -0.300 e. The molecule has 76 valence electrons. The summed E-state index contributed by atoms with van der Waals surface area (Å²) < 4.78 is 0. The number of aromatic nitrogens is 2. The Bertz CT molecular complexity index is 525. The molecule has 1 aromatic heterocycles. The second-order valence-corrected chi connectivity index (χ2v) is 3.78. The van der Waals surface area contributed by atoms with E-state index in [0.29, 0.717) is 11.6 Å². The fourth-order valence-corrected chi connectivity index (χ4v) is 1.57. The van der Waals surface area contributed by atoms with Crippen LogP contribution in [0.15, 0.2) is 24.4 Å². The van der Waals surface area contributed by atoms with Gasteiger partial charge in [0.1, 0.15) is 10.9 Å². The molecule has 0 radical (unpaired) electrons. The molecule has 0 aliphatic rings. The third-order valence-electron chi connectivity index (χ3n) is 2.03. The predicted octanol–water partition coefficient (Wildman–Crippen LogP) is 2.41. The summed E-state index contributed by atoms with van der Waals surface area (Å²) in [6, 6.07) is 5.56. The quantitative estimate of drug-likeness (QED) is 0.781. The summed E-state index contributed by atoms with van der Waals surface area (Å²) in [7, 11) is 0. The lowest BCUT2D eigenvalue weighted by molar-refractivity contribution is -0.116. The molecule has 15 heavy (non-hydrogen) atoms. The van der Waals surface area contributed by atoms with Gasteiger partial charge in [-0.2, -0.15) is 0 Å². The smallest absolute Gasteiger partial charge is 0.148 e. The molecule has 0 aliphatic carbocycles. The SMILES string of the molecule is CC(=O)Cc1ccc2nc(Cl)cnc2c1. The zero-order valence-electron chi connectivity index (χ0n) is 8.20. The van der Waals surface area contributed by atoms with Crippen LogP contribution in [0.1, 0.15) is 12.5 Å². The number of nitrogens with zero attached hydrogens (tertiary/aromatic N) is 2. The molecule has 0 unspecified atom stereocenters. The standard InChI is InChI=1S/C11H9ClN2O/c1-7(15)4-8-2-3-9-10(5-8)13-6-11(12)14-9/h2-3,5-6H,4H2,1H3. The lowest BCUT2D eigenvalue weighted by Gasteiger charge is -2.00. The minimum absolute atomic E-state index is 0.135. The van der Waals surface area contributed by atoms with Crippen molar-refractivity contribution in [3.8, 4) is 0 Å². The second kappa shape index (κ2) is 3.95. The molecule has 0 saturated heterocycles. The van der Waals surface area contributed by atoms with Crippen molar-refractivity contribution in [3.05, 3.63) is 35.1 Å². The first kappa shape index (κ1) is 10.1. The molecular weight excluding hydrogens is 212 g/mol. The van der Waals surface area contributed by atoms with Crippen LogP contribution in [0.25, 0.3) is 11.0 Å². The van der Waals surface area contributed by atoms with Gasteiger partial charge in [0.05, 0.1) is 17.2 Å². The fraction of sp³-hybridized carbons (Fsp3) is 0.182. The molecule has 0 spiro atoms. The topological polar surface area (TPSA) is 42.9 Å². The van der Waals surface area contributed by atoms with Crippen molar-refractivity contribution >= 4 is 28.4 Å². The summed E-state index contributed by atoms with van der Waals surface area (Å²) in [4.78, 5) is 19.2. The number of benzene rings is 1. The third kappa shape index (κ3) is 2.30. The van der Waals surface area contributed by atoms with Crippen LogP contribution in [0.3, 0.4) is 0 Å². The van der Waals surface area contributed by atoms with E-state index in [1.165, 1.54) is 6.20 Å². The highest BCUT2D eigenvalue weighted by atomic mass is 35.5. The van der Waals surface area contributed by atoms with Crippen LogP contribution in [0, 0.1) is 0 Å². The van der Waals surface area contributed by atoms with E-state index in [-0.39, 0.29) is 5.78 Å². The maximum absolute atomic E-state index is 10.9. The van der Waals surface area contributed by atoms with Gasteiger partial charge in [-0.15, -0.1) is 0 Å². The molecule has 0 amide bonds. The normalized spacial score (nSPS) is 10.5. The van der Waals surface area contributed by atoms with E-state index < -0.39 is 0 Å². The lowest BCUT2D eigenvalue weighted by atomic mass is 10.1. The van der Waals surface area contributed by atoms with Crippen LogP contribution in [0.4, 0.5) is 0 Å². The highest BCUT2D eigenvalue weighted by Gasteiger charge is 2.02. The van der Waals surface area contributed by atoms with E-state index >= 15 is 0 Å². The van der Waals surface area contributed by atoms with Gasteiger partial charge in [0.25, 0.3) is 0 Å². The first-order valence-electron chi connectivity index (χ1n) is 4.56. The number of Topliss-reactive ketones (excluding diaryl/α,β-unsaturated/α-hetero) is 1. The maximum Gasteiger partial charge on any atom is 0.148 e. The Morgan fingerprint density at radius 2 is 2.20 bits per heavy atom. The third-order valence-corrected chi connectivity index (χ3v) is 2.21. The fourth-order valence-electron chi connectivity index (χ4n) is 1.43. The molecule has 3 nitrogen and oxygen atoms in total. The first-order valence-corrected chi connectivity index (χ1v) is 4.93. The molecule has 4 heteroatoms. The van der Waals surface area contributed by atoms with Crippen molar-refractivity contribution in [1.29, 1.82) is 0 Å². The summed E-state index contributed by atoms with van der Waals surface area (Å²) in [6.45, 7) is 1.57. The Morgan fingerprint density at radius 1 is 1.40 bits per heavy atom. The molecule has 0 N–H and O–H groups in total. The first-order chi connectivity index (χ1) is 7.15. The lowest BCUT2D eigenvalue weighted by Crippen LogP contribution is -1.96. The number of hydrogen-bond donors (Lipinski definition) is 0. The van der Waals surface area contributed by atoms with Crippen LogP contribution < -0.4 is 0 Å². The number of carbonyl (C=O) groups is 1. The molecule has 0 aliphatic heterocycles. The molecule has 2 rings (SSSR count). The summed E-state index contributed by atoms with van der Waals surface area (Å²) >= 11 is 5.72. The molecule has 0 bridgehead atoms. The van der Waals surface area contributed by atoms with Crippen molar-refractivity contribution in [2.75, 3.05) is 0 Å². The number of fused-ring (bicyclic) bond motifs is 1. The second-order valence-electron chi connectivity index (χ2n) is 3.39. The van der Waals surface area contributed by atoms with Gasteiger partial charge in [0, 0.05) is 6.42 Å². The van der Waals surface area contributed by atoms with Crippen molar-refractivity contribution in [2.24, 2.45) is 0 Å². The van der Waals surface area contributed by atoms with Crippen molar-refractivity contribution < 1.29 is 4.79 Å². The van der Waals surface area contributed by atoms with Crippen molar-refractivity contribution in [1.82, 2.24) is 9.97 Å². The summed E-state index contributed by atoms with van der Waals surface area (Å²) in [5.74, 6) is 0.135. The zero-order chi connectivity index (χ0) is 10.8. The Labute approximate surface area is 92.1 Å². The summed E-state index contributed by atoms with van der Waals surface area (Å²) in [6.07, 6.45) is 1.93. The Hall–Kier alpha value is -1.48. The highest BCUT2D eigenvalue weighted by molar-refractivity contribution is 6.29. The Kier molecular flexibility index (Phi) is 2.64. The molecule has 0 atom stereocenters. The molecule has 0 saturated carbocycles.